The number of nitrogens with one attached hydrogen (secondary N) is 1. The Morgan fingerprint density at radius 2 is 2.16 bits per heavy atom. The van der Waals surface area contributed by atoms with Crippen molar-refractivity contribution in [3.05, 3.63) is 24.3 Å². The van der Waals surface area contributed by atoms with E-state index in [9.17, 15) is 4.79 Å². The maximum absolute atomic E-state index is 11.7. The fourth-order valence-electron chi connectivity index (χ4n) is 1.69. The predicted molar refractivity (Wildman–Crippen MR) is 78.0 cm³/mol. The molecule has 0 spiro atoms. The van der Waals surface area contributed by atoms with Crippen molar-refractivity contribution in [3.63, 3.8) is 0 Å². The number of benzene rings is 1. The summed E-state index contributed by atoms with van der Waals surface area (Å²) in [4.78, 5) is 11.7. The van der Waals surface area contributed by atoms with Crippen LogP contribution in [0.3, 0.4) is 0 Å². The molecule has 1 aromatic carbocycles. The smallest absolute Gasteiger partial charge is 0.223 e. The molecule has 3 N–H and O–H groups in total. The quantitative estimate of drug-likeness (QED) is 0.744. The van der Waals surface area contributed by atoms with Crippen LogP contribution in [0.25, 0.3) is 0 Å². The highest BCUT2D eigenvalue weighted by Crippen LogP contribution is 2.14. The Morgan fingerprint density at radius 3 is 2.79 bits per heavy atom. The number of ether oxygens (including phenoxy) is 1. The molecule has 19 heavy (non-hydrogen) atoms. The summed E-state index contributed by atoms with van der Waals surface area (Å²) in [5.74, 6) is 1.21. The Bertz CT molecular complexity index is 407. The Hall–Kier alpha value is -1.71. The van der Waals surface area contributed by atoms with Gasteiger partial charge in [0.2, 0.25) is 5.91 Å². The molecule has 1 aromatic rings. The first-order chi connectivity index (χ1) is 9.02. The minimum absolute atomic E-state index is 0.0247. The van der Waals surface area contributed by atoms with Crippen LogP contribution in [-0.2, 0) is 4.79 Å². The van der Waals surface area contributed by atoms with E-state index in [4.69, 9.17) is 10.5 Å². The lowest BCUT2D eigenvalue weighted by Crippen LogP contribution is -2.37. The third-order valence-corrected chi connectivity index (χ3v) is 3.34. The number of carbonyl (C=O) groups excluding carboxylic acids is 1. The van der Waals surface area contributed by atoms with Crippen molar-refractivity contribution in [3.8, 4) is 5.75 Å². The topological polar surface area (TPSA) is 64.3 Å². The van der Waals surface area contributed by atoms with Crippen LogP contribution >= 0.6 is 0 Å². The molecular weight excluding hydrogens is 240 g/mol. The van der Waals surface area contributed by atoms with Gasteiger partial charge in [-0.2, -0.15) is 0 Å². The number of amides is 1. The Labute approximate surface area is 115 Å². The number of rotatable bonds is 7. The molecule has 4 heteroatoms. The van der Waals surface area contributed by atoms with Gasteiger partial charge in [0.05, 0.1) is 13.0 Å². The van der Waals surface area contributed by atoms with Crippen LogP contribution in [-0.4, -0.2) is 18.6 Å². The Balaban J connectivity index is 2.27. The van der Waals surface area contributed by atoms with Gasteiger partial charge in [0.15, 0.2) is 0 Å². The normalized spacial score (nSPS) is 13.6. The second kappa shape index (κ2) is 7.67. The van der Waals surface area contributed by atoms with Crippen molar-refractivity contribution >= 4 is 11.6 Å². The summed E-state index contributed by atoms with van der Waals surface area (Å²) >= 11 is 0. The van der Waals surface area contributed by atoms with E-state index in [2.05, 4.69) is 19.2 Å². The average Bonchev–Trinajstić information content (AvgIpc) is 2.37. The second-order valence-corrected chi connectivity index (χ2v) is 4.91. The lowest BCUT2D eigenvalue weighted by Gasteiger charge is -2.19. The average molecular weight is 264 g/mol. The molecular formula is C15H24N2O2. The Morgan fingerprint density at radius 1 is 1.42 bits per heavy atom. The fourth-order valence-corrected chi connectivity index (χ4v) is 1.69. The van der Waals surface area contributed by atoms with E-state index in [1.807, 2.05) is 19.1 Å². The van der Waals surface area contributed by atoms with Crippen LogP contribution in [0, 0.1) is 5.92 Å². The van der Waals surface area contributed by atoms with E-state index in [1.165, 1.54) is 0 Å². The summed E-state index contributed by atoms with van der Waals surface area (Å²) in [6.45, 7) is 6.65. The highest BCUT2D eigenvalue weighted by Gasteiger charge is 2.12. The van der Waals surface area contributed by atoms with Gasteiger partial charge in [-0.1, -0.05) is 26.3 Å². The SMILES string of the molecule is CCC(C)C(C)NC(=O)CCOc1cccc(N)c1. The van der Waals surface area contributed by atoms with E-state index in [0.717, 1.165) is 6.42 Å². The van der Waals surface area contributed by atoms with Crippen molar-refractivity contribution in [2.75, 3.05) is 12.3 Å². The standard InChI is InChI=1S/C15H24N2O2/c1-4-11(2)12(3)17-15(18)8-9-19-14-7-5-6-13(16)10-14/h5-7,10-12H,4,8-9,16H2,1-3H3,(H,17,18). The minimum atomic E-state index is 0.0247. The molecule has 4 nitrogen and oxygen atoms in total. The first-order valence-electron chi connectivity index (χ1n) is 6.80. The summed E-state index contributed by atoms with van der Waals surface area (Å²) in [5, 5.41) is 2.98. The first-order valence-corrected chi connectivity index (χ1v) is 6.80. The number of nitrogen functional groups attached to an aromatic ring is 1. The molecule has 0 aliphatic rings. The zero-order chi connectivity index (χ0) is 14.3. The van der Waals surface area contributed by atoms with Gasteiger partial charge in [-0.3, -0.25) is 4.79 Å². The summed E-state index contributed by atoms with van der Waals surface area (Å²) in [5.41, 5.74) is 6.30. The predicted octanol–water partition coefficient (Wildman–Crippen LogP) is 2.59. The van der Waals surface area contributed by atoms with Gasteiger partial charge in [0.1, 0.15) is 5.75 Å². The third kappa shape index (κ3) is 5.64. The first kappa shape index (κ1) is 15.3. The molecule has 0 saturated heterocycles. The van der Waals surface area contributed by atoms with E-state index in [0.29, 0.717) is 30.4 Å². The molecule has 0 aliphatic carbocycles. The van der Waals surface area contributed by atoms with Crippen molar-refractivity contribution in [2.45, 2.75) is 39.7 Å². The second-order valence-electron chi connectivity index (χ2n) is 4.91. The molecule has 0 aromatic heterocycles. The van der Waals surface area contributed by atoms with Gasteiger partial charge in [-0.05, 0) is 25.0 Å². The number of anilines is 1. The number of hydrogen-bond acceptors (Lipinski definition) is 3. The van der Waals surface area contributed by atoms with Gasteiger partial charge < -0.3 is 15.8 Å². The molecule has 2 atom stereocenters. The van der Waals surface area contributed by atoms with Gasteiger partial charge in [-0.15, -0.1) is 0 Å². The monoisotopic (exact) mass is 264 g/mol. The third-order valence-electron chi connectivity index (χ3n) is 3.34. The minimum Gasteiger partial charge on any atom is -0.493 e. The molecule has 0 heterocycles. The van der Waals surface area contributed by atoms with E-state index < -0.39 is 0 Å². The Kier molecular flexibility index (Phi) is 6.19. The van der Waals surface area contributed by atoms with Crippen molar-refractivity contribution in [1.29, 1.82) is 0 Å². The maximum Gasteiger partial charge on any atom is 0.223 e. The van der Waals surface area contributed by atoms with Crippen molar-refractivity contribution in [1.82, 2.24) is 5.32 Å². The molecule has 0 bridgehead atoms. The number of nitrogens with two attached hydrogens (primary N) is 1. The fraction of sp³-hybridized carbons (Fsp3) is 0.533. The maximum atomic E-state index is 11.7. The van der Waals surface area contributed by atoms with Crippen molar-refractivity contribution in [2.24, 2.45) is 5.92 Å². The van der Waals surface area contributed by atoms with Crippen LogP contribution < -0.4 is 15.8 Å². The molecule has 1 rings (SSSR count). The van der Waals surface area contributed by atoms with E-state index >= 15 is 0 Å². The lowest BCUT2D eigenvalue weighted by atomic mass is 10.0. The number of hydrogen-bond donors (Lipinski definition) is 2. The van der Waals surface area contributed by atoms with Gasteiger partial charge in [0.25, 0.3) is 0 Å². The molecule has 0 radical (unpaired) electrons. The molecule has 2 unspecified atom stereocenters. The van der Waals surface area contributed by atoms with Crippen LogP contribution in [0.5, 0.6) is 5.75 Å². The summed E-state index contributed by atoms with van der Waals surface area (Å²) in [6, 6.07) is 7.41. The van der Waals surface area contributed by atoms with Crippen LogP contribution in [0.4, 0.5) is 5.69 Å². The highest BCUT2D eigenvalue weighted by molar-refractivity contribution is 5.76. The molecule has 0 aliphatic heterocycles. The largest absolute Gasteiger partial charge is 0.493 e. The summed E-state index contributed by atoms with van der Waals surface area (Å²) < 4.78 is 5.49. The van der Waals surface area contributed by atoms with Gasteiger partial charge in [0, 0.05) is 17.8 Å². The summed E-state index contributed by atoms with van der Waals surface area (Å²) in [6.07, 6.45) is 1.41. The lowest BCUT2D eigenvalue weighted by molar-refractivity contribution is -0.122. The van der Waals surface area contributed by atoms with Crippen LogP contribution in [0.1, 0.15) is 33.6 Å². The van der Waals surface area contributed by atoms with E-state index in [1.54, 1.807) is 12.1 Å². The zero-order valence-corrected chi connectivity index (χ0v) is 12.0. The highest BCUT2D eigenvalue weighted by atomic mass is 16.5. The zero-order valence-electron chi connectivity index (χ0n) is 12.0. The molecule has 0 fully saturated rings. The van der Waals surface area contributed by atoms with Gasteiger partial charge >= 0.3 is 0 Å². The van der Waals surface area contributed by atoms with E-state index in [-0.39, 0.29) is 11.9 Å². The van der Waals surface area contributed by atoms with Crippen molar-refractivity contribution < 1.29 is 9.53 Å². The van der Waals surface area contributed by atoms with Crippen LogP contribution in [0.15, 0.2) is 24.3 Å². The molecule has 1 amide bonds. The number of carbonyl (C=O) groups is 1. The van der Waals surface area contributed by atoms with Gasteiger partial charge in [-0.25, -0.2) is 0 Å². The summed E-state index contributed by atoms with van der Waals surface area (Å²) in [7, 11) is 0. The van der Waals surface area contributed by atoms with Crippen LogP contribution in [0.2, 0.25) is 0 Å². The molecule has 0 saturated carbocycles. The molecule has 106 valence electrons.